The maximum atomic E-state index is 13.6. The average Bonchev–Trinajstić information content (AvgIpc) is 2.60. The number of amides is 1. The van der Waals surface area contributed by atoms with Crippen LogP contribution >= 0.6 is 24.0 Å². The number of nitrogens with one attached hydrogen (secondary N) is 3. The SMILES string of the molecule is CN=C(NCCC(=O)Nc1cccc(C)n1)NCc1cc(F)ccc1F.I. The van der Waals surface area contributed by atoms with Gasteiger partial charge in [-0.1, -0.05) is 6.07 Å². The lowest BCUT2D eigenvalue weighted by Gasteiger charge is -2.12. The van der Waals surface area contributed by atoms with Gasteiger partial charge in [-0.3, -0.25) is 9.79 Å². The molecule has 146 valence electrons. The van der Waals surface area contributed by atoms with Crippen molar-refractivity contribution in [2.45, 2.75) is 19.9 Å². The van der Waals surface area contributed by atoms with Crippen molar-refractivity contribution in [2.24, 2.45) is 4.99 Å². The second kappa shape index (κ2) is 11.4. The Kier molecular flexibility index (Phi) is 9.62. The summed E-state index contributed by atoms with van der Waals surface area (Å²) in [6.45, 7) is 2.24. The Morgan fingerprint density at radius 2 is 1.96 bits per heavy atom. The molecule has 0 unspecified atom stereocenters. The quantitative estimate of drug-likeness (QED) is 0.331. The molecule has 0 atom stereocenters. The molecule has 0 aliphatic carbocycles. The van der Waals surface area contributed by atoms with Gasteiger partial charge in [-0.15, -0.1) is 24.0 Å². The third-order valence-corrected chi connectivity index (χ3v) is 3.48. The maximum absolute atomic E-state index is 13.6. The Labute approximate surface area is 173 Å². The highest BCUT2D eigenvalue weighted by Crippen LogP contribution is 2.09. The summed E-state index contributed by atoms with van der Waals surface area (Å²) < 4.78 is 26.8. The van der Waals surface area contributed by atoms with Crippen molar-refractivity contribution >= 4 is 41.7 Å². The van der Waals surface area contributed by atoms with E-state index < -0.39 is 11.6 Å². The van der Waals surface area contributed by atoms with Crippen LogP contribution in [0.25, 0.3) is 0 Å². The van der Waals surface area contributed by atoms with Crippen LogP contribution in [0.1, 0.15) is 17.7 Å². The first-order valence-corrected chi connectivity index (χ1v) is 8.10. The van der Waals surface area contributed by atoms with Gasteiger partial charge in [0.15, 0.2) is 5.96 Å². The van der Waals surface area contributed by atoms with Gasteiger partial charge in [0.2, 0.25) is 5.91 Å². The summed E-state index contributed by atoms with van der Waals surface area (Å²) in [4.78, 5) is 20.1. The first-order chi connectivity index (χ1) is 12.5. The number of aliphatic imine (C=N–C) groups is 1. The second-order valence-electron chi connectivity index (χ2n) is 5.55. The summed E-state index contributed by atoms with van der Waals surface area (Å²) in [6, 6.07) is 8.63. The number of anilines is 1. The molecule has 6 nitrogen and oxygen atoms in total. The fourth-order valence-corrected chi connectivity index (χ4v) is 2.19. The summed E-state index contributed by atoms with van der Waals surface area (Å²) in [5, 5.41) is 8.52. The van der Waals surface area contributed by atoms with Gasteiger partial charge in [0.05, 0.1) is 0 Å². The van der Waals surface area contributed by atoms with Crippen LogP contribution in [-0.2, 0) is 11.3 Å². The van der Waals surface area contributed by atoms with Gasteiger partial charge in [-0.05, 0) is 37.3 Å². The number of benzene rings is 1. The number of pyridine rings is 1. The molecule has 3 N–H and O–H groups in total. The van der Waals surface area contributed by atoms with E-state index in [9.17, 15) is 13.6 Å². The lowest BCUT2D eigenvalue weighted by Crippen LogP contribution is -2.38. The van der Waals surface area contributed by atoms with Crippen LogP contribution in [-0.4, -0.2) is 30.4 Å². The van der Waals surface area contributed by atoms with Crippen LogP contribution in [0.15, 0.2) is 41.4 Å². The van der Waals surface area contributed by atoms with E-state index in [0.717, 1.165) is 23.9 Å². The molecule has 2 aromatic rings. The van der Waals surface area contributed by atoms with E-state index in [4.69, 9.17) is 0 Å². The first-order valence-electron chi connectivity index (χ1n) is 8.10. The monoisotopic (exact) mass is 489 g/mol. The summed E-state index contributed by atoms with van der Waals surface area (Å²) in [6.07, 6.45) is 0.199. The van der Waals surface area contributed by atoms with Gasteiger partial charge in [-0.2, -0.15) is 0 Å². The number of carbonyl (C=O) groups is 1. The molecule has 1 heterocycles. The lowest BCUT2D eigenvalue weighted by molar-refractivity contribution is -0.116. The number of aryl methyl sites for hydroxylation is 1. The minimum Gasteiger partial charge on any atom is -0.356 e. The molecule has 0 saturated heterocycles. The normalized spacial score (nSPS) is 10.7. The van der Waals surface area contributed by atoms with E-state index in [1.807, 2.05) is 19.1 Å². The summed E-state index contributed by atoms with van der Waals surface area (Å²) in [7, 11) is 1.55. The fraction of sp³-hybridized carbons (Fsp3) is 0.278. The molecule has 9 heteroatoms. The summed E-state index contributed by atoms with van der Waals surface area (Å²) >= 11 is 0. The molecular formula is C18H22F2IN5O. The summed E-state index contributed by atoms with van der Waals surface area (Å²) in [5.74, 6) is -0.316. The van der Waals surface area contributed by atoms with Crippen molar-refractivity contribution in [3.63, 3.8) is 0 Å². The molecule has 0 spiro atoms. The molecule has 0 aliphatic rings. The zero-order chi connectivity index (χ0) is 18.9. The third kappa shape index (κ3) is 7.85. The summed E-state index contributed by atoms with van der Waals surface area (Å²) in [5.41, 5.74) is 1.01. The standard InChI is InChI=1S/C18H21F2N5O.HI/c1-12-4-3-5-16(24-12)25-17(26)8-9-22-18(21-2)23-11-13-10-14(19)6-7-15(13)20;/h3-7,10H,8-9,11H2,1-2H3,(H2,21,22,23)(H,24,25,26);1H. The van der Waals surface area contributed by atoms with Gasteiger partial charge >= 0.3 is 0 Å². The van der Waals surface area contributed by atoms with Crippen molar-refractivity contribution in [3.05, 3.63) is 59.3 Å². The van der Waals surface area contributed by atoms with E-state index in [1.165, 1.54) is 0 Å². The highest BCUT2D eigenvalue weighted by molar-refractivity contribution is 14.0. The van der Waals surface area contributed by atoms with Crippen LogP contribution in [0.4, 0.5) is 14.6 Å². The second-order valence-corrected chi connectivity index (χ2v) is 5.55. The molecule has 1 amide bonds. The molecule has 0 radical (unpaired) electrons. The fourth-order valence-electron chi connectivity index (χ4n) is 2.19. The van der Waals surface area contributed by atoms with Crippen LogP contribution in [0.5, 0.6) is 0 Å². The van der Waals surface area contributed by atoms with Crippen LogP contribution in [0.3, 0.4) is 0 Å². The van der Waals surface area contributed by atoms with Crippen LogP contribution < -0.4 is 16.0 Å². The molecule has 27 heavy (non-hydrogen) atoms. The number of guanidine groups is 1. The average molecular weight is 489 g/mol. The minimum atomic E-state index is -0.507. The van der Waals surface area contributed by atoms with Crippen molar-refractivity contribution in [1.82, 2.24) is 15.6 Å². The molecule has 0 saturated carbocycles. The molecule has 2 rings (SSSR count). The number of hydrogen-bond acceptors (Lipinski definition) is 3. The molecule has 0 aliphatic heterocycles. The van der Waals surface area contributed by atoms with Crippen molar-refractivity contribution in [2.75, 3.05) is 18.9 Å². The zero-order valence-corrected chi connectivity index (χ0v) is 17.4. The number of halogens is 3. The number of rotatable bonds is 6. The Morgan fingerprint density at radius 3 is 2.67 bits per heavy atom. The van der Waals surface area contributed by atoms with Crippen molar-refractivity contribution in [3.8, 4) is 0 Å². The largest absolute Gasteiger partial charge is 0.356 e. The van der Waals surface area contributed by atoms with Crippen LogP contribution in [0, 0.1) is 18.6 Å². The van der Waals surface area contributed by atoms with Gasteiger partial charge in [-0.25, -0.2) is 13.8 Å². The van der Waals surface area contributed by atoms with Gasteiger partial charge in [0.25, 0.3) is 0 Å². The Hall–Kier alpha value is -2.30. The predicted molar refractivity (Wildman–Crippen MR) is 112 cm³/mol. The van der Waals surface area contributed by atoms with Crippen molar-refractivity contribution in [1.29, 1.82) is 0 Å². The predicted octanol–water partition coefficient (Wildman–Crippen LogP) is 2.98. The maximum Gasteiger partial charge on any atom is 0.227 e. The van der Waals surface area contributed by atoms with E-state index in [-0.39, 0.29) is 48.4 Å². The van der Waals surface area contributed by atoms with E-state index in [0.29, 0.717) is 18.3 Å². The van der Waals surface area contributed by atoms with Gasteiger partial charge < -0.3 is 16.0 Å². The highest BCUT2D eigenvalue weighted by Gasteiger charge is 2.07. The smallest absolute Gasteiger partial charge is 0.227 e. The number of aromatic nitrogens is 1. The molecule has 1 aromatic carbocycles. The van der Waals surface area contributed by atoms with Crippen molar-refractivity contribution < 1.29 is 13.6 Å². The zero-order valence-electron chi connectivity index (χ0n) is 15.1. The Balaban J connectivity index is 0.00000364. The third-order valence-electron chi connectivity index (χ3n) is 3.48. The molecule has 0 fully saturated rings. The minimum absolute atomic E-state index is 0. The number of carbonyl (C=O) groups excluding carboxylic acids is 1. The van der Waals surface area contributed by atoms with Gasteiger partial charge in [0, 0.05) is 37.8 Å². The Bertz CT molecular complexity index is 801. The topological polar surface area (TPSA) is 78.4 Å². The number of hydrogen-bond donors (Lipinski definition) is 3. The van der Waals surface area contributed by atoms with Crippen LogP contribution in [0.2, 0.25) is 0 Å². The lowest BCUT2D eigenvalue weighted by atomic mass is 10.2. The van der Waals surface area contributed by atoms with E-state index in [1.54, 1.807) is 13.1 Å². The van der Waals surface area contributed by atoms with E-state index >= 15 is 0 Å². The highest BCUT2D eigenvalue weighted by atomic mass is 127. The molecule has 0 bridgehead atoms. The van der Waals surface area contributed by atoms with Gasteiger partial charge in [0.1, 0.15) is 17.5 Å². The first kappa shape index (κ1) is 22.7. The molecular weight excluding hydrogens is 467 g/mol. The van der Waals surface area contributed by atoms with E-state index in [2.05, 4.69) is 25.9 Å². The number of nitrogens with zero attached hydrogens (tertiary/aromatic N) is 2. The molecule has 1 aromatic heterocycles. The Morgan fingerprint density at radius 1 is 1.19 bits per heavy atom.